The van der Waals surface area contributed by atoms with E-state index >= 15 is 0 Å². The molecular formula is C17H17ClN2O2. The molecule has 0 radical (unpaired) electrons. The summed E-state index contributed by atoms with van der Waals surface area (Å²) in [4.78, 5) is 1.91. The van der Waals surface area contributed by atoms with Gasteiger partial charge in [-0.1, -0.05) is 23.7 Å². The van der Waals surface area contributed by atoms with Crippen LogP contribution in [0.3, 0.4) is 0 Å². The fraction of sp³-hybridized carbons (Fsp3) is 0.235. The van der Waals surface area contributed by atoms with E-state index in [9.17, 15) is 5.11 Å². The molecule has 2 rings (SSSR count). The highest BCUT2D eigenvalue weighted by Crippen LogP contribution is 2.29. The number of halogens is 1. The van der Waals surface area contributed by atoms with Gasteiger partial charge in [-0.2, -0.15) is 5.26 Å². The second-order valence-corrected chi connectivity index (χ2v) is 5.36. The van der Waals surface area contributed by atoms with Gasteiger partial charge >= 0.3 is 0 Å². The largest absolute Gasteiger partial charge is 0.495 e. The van der Waals surface area contributed by atoms with Crippen LogP contribution in [0.4, 0.5) is 5.69 Å². The summed E-state index contributed by atoms with van der Waals surface area (Å²) in [6, 6.07) is 14.5. The molecule has 0 fully saturated rings. The van der Waals surface area contributed by atoms with E-state index in [2.05, 4.69) is 6.07 Å². The van der Waals surface area contributed by atoms with E-state index in [0.29, 0.717) is 22.9 Å². The fourth-order valence-corrected chi connectivity index (χ4v) is 2.39. The van der Waals surface area contributed by atoms with Crippen molar-refractivity contribution in [2.45, 2.75) is 6.10 Å². The topological polar surface area (TPSA) is 56.5 Å². The highest BCUT2D eigenvalue weighted by molar-refractivity contribution is 6.32. The van der Waals surface area contributed by atoms with Crippen LogP contribution in [0.5, 0.6) is 5.75 Å². The fourth-order valence-electron chi connectivity index (χ4n) is 2.14. The van der Waals surface area contributed by atoms with Crippen molar-refractivity contribution in [3.63, 3.8) is 0 Å². The van der Waals surface area contributed by atoms with Crippen molar-refractivity contribution in [3.05, 3.63) is 58.6 Å². The van der Waals surface area contributed by atoms with Crippen LogP contribution in [-0.4, -0.2) is 25.8 Å². The van der Waals surface area contributed by atoms with Crippen molar-refractivity contribution in [2.75, 3.05) is 25.6 Å². The van der Waals surface area contributed by atoms with Gasteiger partial charge in [0.05, 0.1) is 29.9 Å². The quantitative estimate of drug-likeness (QED) is 0.918. The maximum Gasteiger partial charge on any atom is 0.137 e. The van der Waals surface area contributed by atoms with E-state index in [0.717, 1.165) is 11.3 Å². The Hall–Kier alpha value is -2.22. The van der Waals surface area contributed by atoms with Crippen LogP contribution in [0.2, 0.25) is 5.02 Å². The van der Waals surface area contributed by atoms with Crippen molar-refractivity contribution in [2.24, 2.45) is 0 Å². The van der Waals surface area contributed by atoms with E-state index in [-0.39, 0.29) is 0 Å². The maximum absolute atomic E-state index is 10.3. The van der Waals surface area contributed by atoms with Crippen LogP contribution < -0.4 is 9.64 Å². The molecule has 0 amide bonds. The van der Waals surface area contributed by atoms with Gasteiger partial charge in [0.25, 0.3) is 0 Å². The molecule has 0 bridgehead atoms. The smallest absolute Gasteiger partial charge is 0.137 e. The summed E-state index contributed by atoms with van der Waals surface area (Å²) in [6.45, 7) is 0.411. The van der Waals surface area contributed by atoms with Crippen LogP contribution in [0.1, 0.15) is 17.2 Å². The average molecular weight is 317 g/mol. The third-order valence-corrected chi connectivity index (χ3v) is 3.74. The molecule has 0 spiro atoms. The molecule has 5 heteroatoms. The van der Waals surface area contributed by atoms with Gasteiger partial charge in [-0.05, 0) is 35.9 Å². The molecule has 22 heavy (non-hydrogen) atoms. The van der Waals surface area contributed by atoms with E-state index < -0.39 is 6.10 Å². The molecular weight excluding hydrogens is 300 g/mol. The van der Waals surface area contributed by atoms with Crippen LogP contribution >= 0.6 is 11.6 Å². The number of nitrogens with zero attached hydrogens (tertiary/aromatic N) is 2. The Bertz CT molecular complexity index is 680. The number of benzene rings is 2. The summed E-state index contributed by atoms with van der Waals surface area (Å²) in [7, 11) is 3.45. The number of likely N-dealkylation sites (N-methyl/N-ethyl adjacent to an activating group) is 1. The Morgan fingerprint density at radius 3 is 2.50 bits per heavy atom. The first kappa shape index (κ1) is 16.2. The van der Waals surface area contributed by atoms with Gasteiger partial charge in [0.2, 0.25) is 0 Å². The molecule has 4 nitrogen and oxygen atoms in total. The summed E-state index contributed by atoms with van der Waals surface area (Å²) in [5.41, 5.74) is 2.23. The van der Waals surface area contributed by atoms with Gasteiger partial charge in [0, 0.05) is 19.3 Å². The SMILES string of the molecule is COc1ccc(N(C)CC(O)c2ccc(C#N)cc2)cc1Cl. The molecule has 1 unspecified atom stereocenters. The molecule has 1 N–H and O–H groups in total. The number of nitriles is 1. The Labute approximate surface area is 135 Å². The predicted octanol–water partition coefficient (Wildman–Crippen LogP) is 3.39. The Kier molecular flexibility index (Phi) is 5.26. The van der Waals surface area contributed by atoms with E-state index in [1.807, 2.05) is 18.0 Å². The van der Waals surface area contributed by atoms with Crippen molar-refractivity contribution in [1.29, 1.82) is 5.26 Å². The van der Waals surface area contributed by atoms with Crippen molar-refractivity contribution in [1.82, 2.24) is 0 Å². The van der Waals surface area contributed by atoms with Gasteiger partial charge < -0.3 is 14.7 Å². The minimum Gasteiger partial charge on any atom is -0.495 e. The van der Waals surface area contributed by atoms with Gasteiger partial charge in [0.1, 0.15) is 5.75 Å². The normalized spacial score (nSPS) is 11.6. The lowest BCUT2D eigenvalue weighted by molar-refractivity contribution is 0.185. The number of hydrogen-bond donors (Lipinski definition) is 1. The molecule has 0 aromatic heterocycles. The first-order valence-electron chi connectivity index (χ1n) is 6.78. The maximum atomic E-state index is 10.3. The monoisotopic (exact) mass is 316 g/mol. The lowest BCUT2D eigenvalue weighted by Crippen LogP contribution is -2.24. The zero-order valence-electron chi connectivity index (χ0n) is 12.5. The van der Waals surface area contributed by atoms with Crippen LogP contribution in [0, 0.1) is 11.3 Å². The third-order valence-electron chi connectivity index (χ3n) is 3.45. The molecule has 2 aromatic carbocycles. The number of methoxy groups -OCH3 is 1. The molecule has 0 aliphatic rings. The second-order valence-electron chi connectivity index (χ2n) is 4.95. The summed E-state index contributed by atoms with van der Waals surface area (Å²) < 4.78 is 5.13. The zero-order chi connectivity index (χ0) is 16.1. The van der Waals surface area contributed by atoms with Gasteiger partial charge in [0.15, 0.2) is 0 Å². The minimum absolute atomic E-state index is 0.411. The second kappa shape index (κ2) is 7.17. The lowest BCUT2D eigenvalue weighted by Gasteiger charge is -2.23. The Morgan fingerprint density at radius 2 is 1.95 bits per heavy atom. The molecule has 1 atom stereocenters. The number of aliphatic hydroxyl groups excluding tert-OH is 1. The van der Waals surface area contributed by atoms with Gasteiger partial charge in [-0.15, -0.1) is 0 Å². The zero-order valence-corrected chi connectivity index (χ0v) is 13.2. The molecule has 0 aliphatic carbocycles. The molecule has 0 saturated heterocycles. The van der Waals surface area contributed by atoms with Crippen LogP contribution in [0.25, 0.3) is 0 Å². The first-order chi connectivity index (χ1) is 10.5. The van der Waals surface area contributed by atoms with E-state index in [4.69, 9.17) is 21.6 Å². The minimum atomic E-state index is -0.654. The summed E-state index contributed by atoms with van der Waals surface area (Å²) in [5.74, 6) is 0.617. The van der Waals surface area contributed by atoms with Crippen molar-refractivity contribution in [3.8, 4) is 11.8 Å². The number of ether oxygens (including phenoxy) is 1. The predicted molar refractivity (Wildman–Crippen MR) is 87.4 cm³/mol. The lowest BCUT2D eigenvalue weighted by atomic mass is 10.1. The number of rotatable bonds is 5. The third kappa shape index (κ3) is 3.70. The molecule has 0 heterocycles. The Balaban J connectivity index is 2.08. The molecule has 0 saturated carbocycles. The number of aliphatic hydroxyl groups is 1. The first-order valence-corrected chi connectivity index (χ1v) is 7.15. The summed E-state index contributed by atoms with van der Waals surface area (Å²) >= 11 is 6.12. The molecule has 2 aromatic rings. The molecule has 114 valence electrons. The standard InChI is InChI=1S/C17H17ClN2O2/c1-20(14-7-8-17(22-2)15(18)9-14)11-16(21)13-5-3-12(10-19)4-6-13/h3-9,16,21H,11H2,1-2H3. The van der Waals surface area contributed by atoms with Crippen LogP contribution in [-0.2, 0) is 0 Å². The molecule has 0 aliphatic heterocycles. The Morgan fingerprint density at radius 1 is 1.27 bits per heavy atom. The van der Waals surface area contributed by atoms with Gasteiger partial charge in [-0.25, -0.2) is 0 Å². The highest BCUT2D eigenvalue weighted by Gasteiger charge is 2.12. The average Bonchev–Trinajstić information content (AvgIpc) is 2.54. The van der Waals surface area contributed by atoms with E-state index in [1.54, 1.807) is 43.5 Å². The van der Waals surface area contributed by atoms with Crippen molar-refractivity contribution < 1.29 is 9.84 Å². The summed E-state index contributed by atoms with van der Waals surface area (Å²) in [5, 5.41) is 19.6. The van der Waals surface area contributed by atoms with E-state index in [1.165, 1.54) is 0 Å². The highest BCUT2D eigenvalue weighted by atomic mass is 35.5. The summed E-state index contributed by atoms with van der Waals surface area (Å²) in [6.07, 6.45) is -0.654. The van der Waals surface area contributed by atoms with Crippen LogP contribution in [0.15, 0.2) is 42.5 Å². The van der Waals surface area contributed by atoms with Gasteiger partial charge in [-0.3, -0.25) is 0 Å². The number of anilines is 1. The number of hydrogen-bond acceptors (Lipinski definition) is 4. The van der Waals surface area contributed by atoms with Crippen molar-refractivity contribution >= 4 is 17.3 Å².